The molecule has 0 saturated carbocycles. The molecule has 1 aliphatic rings. The number of pyridine rings is 1. The molecule has 0 radical (unpaired) electrons. The lowest BCUT2D eigenvalue weighted by Gasteiger charge is -2.27. The van der Waals surface area contributed by atoms with Gasteiger partial charge in [-0.05, 0) is 24.2 Å². The third-order valence-corrected chi connectivity index (χ3v) is 3.76. The third-order valence-electron chi connectivity index (χ3n) is 3.76. The molecule has 3 rings (SSSR count). The smallest absolute Gasteiger partial charge is 0.307 e. The van der Waals surface area contributed by atoms with Crippen LogP contribution in [0.25, 0.3) is 10.9 Å². The van der Waals surface area contributed by atoms with Gasteiger partial charge >= 0.3 is 5.97 Å². The first-order valence-electron chi connectivity index (χ1n) is 6.55. The van der Waals surface area contributed by atoms with E-state index in [-0.39, 0.29) is 11.9 Å². The number of carbonyl (C=O) groups is 1. The highest BCUT2D eigenvalue weighted by atomic mass is 19.1. The zero-order valence-electron chi connectivity index (χ0n) is 11.2. The number of aliphatic carboxylic acids is 1. The molecule has 104 valence electrons. The van der Waals surface area contributed by atoms with Crippen molar-refractivity contribution in [3.8, 4) is 0 Å². The van der Waals surface area contributed by atoms with Gasteiger partial charge in [-0.3, -0.25) is 4.79 Å². The van der Waals surface area contributed by atoms with Crippen LogP contribution in [0.1, 0.15) is 16.8 Å². The van der Waals surface area contributed by atoms with Crippen molar-refractivity contribution >= 4 is 16.9 Å². The molecule has 0 saturated heterocycles. The van der Waals surface area contributed by atoms with E-state index in [1.54, 1.807) is 12.1 Å². The second-order valence-electron chi connectivity index (χ2n) is 5.21. The highest BCUT2D eigenvalue weighted by Crippen LogP contribution is 2.29. The van der Waals surface area contributed by atoms with Crippen LogP contribution in [0.2, 0.25) is 0 Å². The zero-order valence-corrected chi connectivity index (χ0v) is 11.2. The van der Waals surface area contributed by atoms with Crippen molar-refractivity contribution in [2.45, 2.75) is 19.4 Å². The minimum atomic E-state index is -0.905. The van der Waals surface area contributed by atoms with E-state index < -0.39 is 11.8 Å². The molecule has 1 N–H and O–H groups in total. The van der Waals surface area contributed by atoms with Crippen LogP contribution in [-0.4, -0.2) is 34.6 Å². The van der Waals surface area contributed by atoms with Crippen molar-refractivity contribution in [1.82, 2.24) is 9.88 Å². The summed E-state index contributed by atoms with van der Waals surface area (Å²) in [6, 6.07) is 4.71. The Morgan fingerprint density at radius 3 is 3.05 bits per heavy atom. The van der Waals surface area contributed by atoms with Crippen LogP contribution in [0.15, 0.2) is 18.2 Å². The van der Waals surface area contributed by atoms with Gasteiger partial charge in [0.2, 0.25) is 0 Å². The molecule has 0 unspecified atom stereocenters. The van der Waals surface area contributed by atoms with Crippen molar-refractivity contribution in [1.29, 1.82) is 0 Å². The number of hydrogen-bond acceptors (Lipinski definition) is 3. The Morgan fingerprint density at radius 1 is 1.50 bits per heavy atom. The Balaban J connectivity index is 2.31. The molecule has 4 nitrogen and oxygen atoms in total. The van der Waals surface area contributed by atoms with E-state index in [4.69, 9.17) is 5.11 Å². The van der Waals surface area contributed by atoms with Crippen molar-refractivity contribution < 1.29 is 14.3 Å². The average molecular weight is 274 g/mol. The van der Waals surface area contributed by atoms with Gasteiger partial charge in [0.25, 0.3) is 0 Å². The predicted octanol–water partition coefficient (Wildman–Crippen LogP) is 1.99. The molecule has 1 aliphatic heterocycles. The summed E-state index contributed by atoms with van der Waals surface area (Å²) in [5.41, 5.74) is 2.76. The van der Waals surface area contributed by atoms with E-state index in [0.29, 0.717) is 17.5 Å². The standard InChI is InChI=1S/C15H15FN2O2/c1-18-6-5-13-11(8-18)10(7-14(19)20)9-3-2-4-12(16)15(9)17-13/h2-4H,5-8H2,1H3,(H,19,20). The number of aromatic nitrogens is 1. The maximum absolute atomic E-state index is 13.9. The number of halogens is 1. The van der Waals surface area contributed by atoms with Crippen molar-refractivity contribution in [2.75, 3.05) is 13.6 Å². The summed E-state index contributed by atoms with van der Waals surface area (Å²) in [4.78, 5) is 17.7. The summed E-state index contributed by atoms with van der Waals surface area (Å²) >= 11 is 0. The van der Waals surface area contributed by atoms with E-state index in [9.17, 15) is 9.18 Å². The molecule has 0 spiro atoms. The van der Waals surface area contributed by atoms with E-state index in [0.717, 1.165) is 24.2 Å². The topological polar surface area (TPSA) is 53.4 Å². The zero-order chi connectivity index (χ0) is 14.3. The van der Waals surface area contributed by atoms with Crippen LogP contribution in [0.3, 0.4) is 0 Å². The van der Waals surface area contributed by atoms with Crippen LogP contribution in [0.4, 0.5) is 4.39 Å². The fourth-order valence-corrected chi connectivity index (χ4v) is 2.80. The minimum absolute atomic E-state index is 0.0986. The first-order chi connectivity index (χ1) is 9.56. The lowest BCUT2D eigenvalue weighted by molar-refractivity contribution is -0.136. The van der Waals surface area contributed by atoms with Gasteiger partial charge in [0.15, 0.2) is 0 Å². The molecular weight excluding hydrogens is 259 g/mol. The molecule has 0 atom stereocenters. The Morgan fingerprint density at radius 2 is 2.30 bits per heavy atom. The molecule has 1 aromatic heterocycles. The maximum Gasteiger partial charge on any atom is 0.307 e. The predicted molar refractivity (Wildman–Crippen MR) is 73.1 cm³/mol. The second kappa shape index (κ2) is 4.83. The SMILES string of the molecule is CN1CCc2nc3c(F)cccc3c(CC(=O)O)c2C1. The van der Waals surface area contributed by atoms with Crippen LogP contribution in [0, 0.1) is 5.82 Å². The van der Waals surface area contributed by atoms with Gasteiger partial charge < -0.3 is 10.0 Å². The Kier molecular flexibility index (Phi) is 3.14. The molecule has 0 amide bonds. The molecule has 2 aromatic rings. The summed E-state index contributed by atoms with van der Waals surface area (Å²) in [6.45, 7) is 1.52. The second-order valence-corrected chi connectivity index (χ2v) is 5.21. The highest BCUT2D eigenvalue weighted by Gasteiger charge is 2.22. The van der Waals surface area contributed by atoms with Crippen LogP contribution in [0.5, 0.6) is 0 Å². The Hall–Kier alpha value is -2.01. The molecule has 0 bridgehead atoms. The number of rotatable bonds is 2. The van der Waals surface area contributed by atoms with Crippen molar-refractivity contribution in [3.63, 3.8) is 0 Å². The minimum Gasteiger partial charge on any atom is -0.481 e. The number of fused-ring (bicyclic) bond motifs is 2. The molecule has 0 fully saturated rings. The summed E-state index contributed by atoms with van der Waals surface area (Å²) in [6.07, 6.45) is 0.626. The average Bonchev–Trinajstić information content (AvgIpc) is 2.40. The number of para-hydroxylation sites is 1. The first-order valence-corrected chi connectivity index (χ1v) is 6.55. The molecule has 1 aromatic carbocycles. The normalized spacial score (nSPS) is 15.3. The lowest BCUT2D eigenvalue weighted by Crippen LogP contribution is -2.29. The van der Waals surface area contributed by atoms with E-state index in [2.05, 4.69) is 9.88 Å². The van der Waals surface area contributed by atoms with Gasteiger partial charge in [-0.2, -0.15) is 0 Å². The molecule has 2 heterocycles. The monoisotopic (exact) mass is 274 g/mol. The van der Waals surface area contributed by atoms with E-state index in [1.807, 2.05) is 7.05 Å². The van der Waals surface area contributed by atoms with Gasteiger partial charge in [0, 0.05) is 30.6 Å². The Bertz CT molecular complexity index is 700. The quantitative estimate of drug-likeness (QED) is 0.910. The number of carboxylic acid groups (broad SMARTS) is 1. The molecular formula is C15H15FN2O2. The third kappa shape index (κ3) is 2.14. The van der Waals surface area contributed by atoms with Gasteiger partial charge in [0.1, 0.15) is 11.3 Å². The van der Waals surface area contributed by atoms with Crippen LogP contribution in [-0.2, 0) is 24.2 Å². The summed E-state index contributed by atoms with van der Waals surface area (Å²) in [7, 11) is 1.99. The van der Waals surface area contributed by atoms with Gasteiger partial charge in [-0.1, -0.05) is 12.1 Å². The van der Waals surface area contributed by atoms with Crippen molar-refractivity contribution in [3.05, 3.63) is 40.8 Å². The van der Waals surface area contributed by atoms with Crippen LogP contribution < -0.4 is 0 Å². The largest absolute Gasteiger partial charge is 0.481 e. The maximum atomic E-state index is 13.9. The number of hydrogen-bond donors (Lipinski definition) is 1. The first kappa shape index (κ1) is 13.0. The van der Waals surface area contributed by atoms with Gasteiger partial charge in [-0.25, -0.2) is 9.37 Å². The number of likely N-dealkylation sites (N-methyl/N-ethyl adjacent to an activating group) is 1. The fraction of sp³-hybridized carbons (Fsp3) is 0.333. The molecule has 20 heavy (non-hydrogen) atoms. The number of benzene rings is 1. The lowest BCUT2D eigenvalue weighted by atomic mass is 9.94. The highest BCUT2D eigenvalue weighted by molar-refractivity contribution is 5.88. The summed E-state index contributed by atoms with van der Waals surface area (Å²) in [5.74, 6) is -1.30. The van der Waals surface area contributed by atoms with Gasteiger partial charge in [0.05, 0.1) is 6.42 Å². The number of nitrogens with zero attached hydrogens (tertiary/aromatic N) is 2. The number of carboxylic acids is 1. The van der Waals surface area contributed by atoms with E-state index in [1.165, 1.54) is 6.07 Å². The van der Waals surface area contributed by atoms with Gasteiger partial charge in [-0.15, -0.1) is 0 Å². The summed E-state index contributed by atoms with van der Waals surface area (Å²) < 4.78 is 13.9. The fourth-order valence-electron chi connectivity index (χ4n) is 2.80. The molecule has 5 heteroatoms. The van der Waals surface area contributed by atoms with E-state index >= 15 is 0 Å². The Labute approximate surface area is 115 Å². The summed E-state index contributed by atoms with van der Waals surface area (Å²) in [5, 5.41) is 9.75. The van der Waals surface area contributed by atoms with Crippen LogP contribution >= 0.6 is 0 Å². The molecule has 0 aliphatic carbocycles. The van der Waals surface area contributed by atoms with Crippen molar-refractivity contribution in [2.24, 2.45) is 0 Å².